The van der Waals surface area contributed by atoms with Crippen molar-refractivity contribution in [2.45, 2.75) is 163 Å². The van der Waals surface area contributed by atoms with Crippen LogP contribution in [-0.4, -0.2) is 18.5 Å². The molecule has 0 unspecified atom stereocenters. The lowest BCUT2D eigenvalue weighted by Gasteiger charge is -2.58. The van der Waals surface area contributed by atoms with Crippen LogP contribution in [0.1, 0.15) is 157 Å². The fraction of sp³-hybridized carbons (Fsp3) is 0.919. The molecule has 0 aliphatic heterocycles. The fourth-order valence-corrected chi connectivity index (χ4v) is 10.2. The van der Waals surface area contributed by atoms with E-state index in [0.29, 0.717) is 29.6 Å². The van der Waals surface area contributed by atoms with E-state index in [1.807, 2.05) is 0 Å². The first-order valence-corrected chi connectivity index (χ1v) is 17.5. The Labute approximate surface area is 242 Å². The largest absolute Gasteiger partial charge is 0.370 e. The molecule has 0 N–H and O–H groups in total. The minimum atomic E-state index is 0.255. The van der Waals surface area contributed by atoms with E-state index >= 15 is 0 Å². The quantitative estimate of drug-likeness (QED) is 0.152. The first kappa shape index (κ1) is 31.3. The van der Waals surface area contributed by atoms with Gasteiger partial charge in [0.15, 0.2) is 5.78 Å². The van der Waals surface area contributed by atoms with Gasteiger partial charge in [0.2, 0.25) is 0 Å². The summed E-state index contributed by atoms with van der Waals surface area (Å²) in [6.45, 7) is 15.2. The molecule has 8 atom stereocenters. The van der Waals surface area contributed by atoms with Crippen LogP contribution in [0.3, 0.4) is 0 Å². The van der Waals surface area contributed by atoms with E-state index in [1.54, 1.807) is 5.57 Å². The smallest absolute Gasteiger partial charge is 0.158 e. The molecule has 2 heteroatoms. The number of rotatable bonds is 15. The maximum Gasteiger partial charge on any atom is 0.158 e. The molecule has 224 valence electrons. The number of unbranched alkanes of at least 4 members (excludes halogenated alkanes) is 5. The molecule has 0 aromatic heterocycles. The Morgan fingerprint density at radius 2 is 1.69 bits per heavy atom. The standard InChI is InChI=1S/C37H64O2/c1-7-8-9-10-11-12-16-30(38)26-39-31-21-23-36(5)29(25-31)17-18-32-34-20-19-33(28(4)15-13-14-27(2)3)37(34,6)24-22-35(32)36/h17,27-28,31-35H,7-16,18-26H2,1-6H3/t28-,31+,32+,33-,34+,35+,36+,37-/m1/s1. The fourth-order valence-electron chi connectivity index (χ4n) is 10.2. The Kier molecular flexibility index (Phi) is 11.3. The lowest BCUT2D eigenvalue weighted by atomic mass is 9.47. The number of carbonyl (C=O) groups excluding carboxylic acids is 1. The zero-order chi connectivity index (χ0) is 28.0. The molecule has 0 aromatic rings. The van der Waals surface area contributed by atoms with Gasteiger partial charge in [-0.25, -0.2) is 0 Å². The van der Waals surface area contributed by atoms with E-state index in [2.05, 4.69) is 47.6 Å². The molecule has 4 rings (SSSR count). The zero-order valence-corrected chi connectivity index (χ0v) is 26.9. The van der Waals surface area contributed by atoms with E-state index in [-0.39, 0.29) is 6.10 Å². The van der Waals surface area contributed by atoms with Crippen molar-refractivity contribution in [3.05, 3.63) is 11.6 Å². The van der Waals surface area contributed by atoms with Crippen LogP contribution in [0, 0.1) is 46.3 Å². The summed E-state index contributed by atoms with van der Waals surface area (Å²) < 4.78 is 6.25. The molecule has 0 spiro atoms. The van der Waals surface area contributed by atoms with Gasteiger partial charge in [-0.1, -0.05) is 105 Å². The van der Waals surface area contributed by atoms with Gasteiger partial charge < -0.3 is 4.74 Å². The van der Waals surface area contributed by atoms with Crippen LogP contribution >= 0.6 is 0 Å². The highest BCUT2D eigenvalue weighted by Crippen LogP contribution is 2.67. The molecule has 4 aliphatic carbocycles. The first-order chi connectivity index (χ1) is 18.7. The lowest BCUT2D eigenvalue weighted by Crippen LogP contribution is -2.51. The normalized spacial score (nSPS) is 36.7. The summed E-state index contributed by atoms with van der Waals surface area (Å²) >= 11 is 0. The van der Waals surface area contributed by atoms with Crippen LogP contribution in [0.2, 0.25) is 0 Å². The SMILES string of the molecule is CCCCCCCCC(=O)CO[C@H]1CC[C@@]2(C)C(=CC[C@H]3[C@@H]4CC[C@H]([C@H](C)CCCC(C)C)[C@@]4(C)CC[C@@H]32)C1. The molecule has 2 nitrogen and oxygen atoms in total. The highest BCUT2D eigenvalue weighted by molar-refractivity contribution is 5.79. The van der Waals surface area contributed by atoms with Crippen LogP contribution < -0.4 is 0 Å². The number of hydrogen-bond donors (Lipinski definition) is 0. The van der Waals surface area contributed by atoms with Crippen LogP contribution in [0.25, 0.3) is 0 Å². The molecule has 0 radical (unpaired) electrons. The molecule has 4 aliphatic rings. The van der Waals surface area contributed by atoms with Crippen molar-refractivity contribution < 1.29 is 9.53 Å². The third-order valence-corrected chi connectivity index (χ3v) is 12.5. The minimum absolute atomic E-state index is 0.255. The average Bonchev–Trinajstić information content (AvgIpc) is 3.26. The Morgan fingerprint density at radius 3 is 2.46 bits per heavy atom. The summed E-state index contributed by atoms with van der Waals surface area (Å²) in [5, 5.41) is 0. The number of allylic oxidation sites excluding steroid dienone is 1. The molecule has 0 heterocycles. The van der Waals surface area contributed by atoms with E-state index in [4.69, 9.17) is 4.74 Å². The maximum atomic E-state index is 12.5. The van der Waals surface area contributed by atoms with E-state index in [0.717, 1.165) is 54.8 Å². The summed E-state index contributed by atoms with van der Waals surface area (Å²) in [4.78, 5) is 12.5. The van der Waals surface area contributed by atoms with Crippen molar-refractivity contribution in [3.8, 4) is 0 Å². The lowest BCUT2D eigenvalue weighted by molar-refractivity contribution is -0.127. The monoisotopic (exact) mass is 540 g/mol. The molecular formula is C37H64O2. The van der Waals surface area contributed by atoms with Crippen molar-refractivity contribution in [2.75, 3.05) is 6.61 Å². The molecule has 39 heavy (non-hydrogen) atoms. The van der Waals surface area contributed by atoms with Gasteiger partial charge in [0, 0.05) is 6.42 Å². The van der Waals surface area contributed by atoms with Crippen molar-refractivity contribution in [3.63, 3.8) is 0 Å². The van der Waals surface area contributed by atoms with Gasteiger partial charge in [-0.05, 0) is 104 Å². The summed E-state index contributed by atoms with van der Waals surface area (Å²) in [6.07, 6.45) is 25.9. The van der Waals surface area contributed by atoms with Crippen LogP contribution in [-0.2, 0) is 9.53 Å². The zero-order valence-electron chi connectivity index (χ0n) is 26.9. The number of Topliss-reactive ketones (excluding diaryl/α,β-unsaturated/α-hetero) is 1. The van der Waals surface area contributed by atoms with Crippen LogP contribution in [0.15, 0.2) is 11.6 Å². The molecule has 0 amide bonds. The van der Waals surface area contributed by atoms with Gasteiger partial charge in [-0.3, -0.25) is 4.79 Å². The van der Waals surface area contributed by atoms with Gasteiger partial charge in [0.1, 0.15) is 6.61 Å². The highest BCUT2D eigenvalue weighted by Gasteiger charge is 2.59. The second kappa shape index (κ2) is 14.0. The highest BCUT2D eigenvalue weighted by atomic mass is 16.5. The number of carbonyl (C=O) groups is 1. The minimum Gasteiger partial charge on any atom is -0.370 e. The predicted octanol–water partition coefficient (Wildman–Crippen LogP) is 10.7. The van der Waals surface area contributed by atoms with E-state index in [9.17, 15) is 4.79 Å². The number of fused-ring (bicyclic) bond motifs is 5. The Bertz CT molecular complexity index is 812. The summed E-state index contributed by atoms with van der Waals surface area (Å²) in [6, 6.07) is 0. The maximum absolute atomic E-state index is 12.5. The van der Waals surface area contributed by atoms with Crippen LogP contribution in [0.5, 0.6) is 0 Å². The summed E-state index contributed by atoms with van der Waals surface area (Å²) in [5.74, 6) is 5.66. The number of ether oxygens (including phenoxy) is 1. The number of hydrogen-bond acceptors (Lipinski definition) is 2. The van der Waals surface area contributed by atoms with Crippen LogP contribution in [0.4, 0.5) is 0 Å². The molecule has 0 aromatic carbocycles. The third kappa shape index (κ3) is 7.24. The second-order valence-electron chi connectivity index (χ2n) is 15.5. The first-order valence-electron chi connectivity index (χ1n) is 17.5. The topological polar surface area (TPSA) is 26.3 Å². The van der Waals surface area contributed by atoms with Gasteiger partial charge in [0.25, 0.3) is 0 Å². The molecule has 3 saturated carbocycles. The van der Waals surface area contributed by atoms with Crippen molar-refractivity contribution in [1.82, 2.24) is 0 Å². The van der Waals surface area contributed by atoms with Crippen molar-refractivity contribution in [2.24, 2.45) is 46.3 Å². The van der Waals surface area contributed by atoms with E-state index < -0.39 is 0 Å². The molecule has 3 fully saturated rings. The average molecular weight is 541 g/mol. The number of ketones is 1. The second-order valence-corrected chi connectivity index (χ2v) is 15.5. The molecule has 0 bridgehead atoms. The van der Waals surface area contributed by atoms with Crippen molar-refractivity contribution in [1.29, 1.82) is 0 Å². The molecule has 0 saturated heterocycles. The van der Waals surface area contributed by atoms with Crippen molar-refractivity contribution >= 4 is 5.78 Å². The predicted molar refractivity (Wildman–Crippen MR) is 166 cm³/mol. The third-order valence-electron chi connectivity index (χ3n) is 12.5. The van der Waals surface area contributed by atoms with Gasteiger partial charge in [-0.2, -0.15) is 0 Å². The Hall–Kier alpha value is -0.630. The van der Waals surface area contributed by atoms with Gasteiger partial charge >= 0.3 is 0 Å². The Morgan fingerprint density at radius 1 is 0.923 bits per heavy atom. The molecular weight excluding hydrogens is 476 g/mol. The van der Waals surface area contributed by atoms with Gasteiger partial charge in [-0.15, -0.1) is 0 Å². The van der Waals surface area contributed by atoms with E-state index in [1.165, 1.54) is 89.9 Å². The van der Waals surface area contributed by atoms with Gasteiger partial charge in [0.05, 0.1) is 6.10 Å². The Balaban J connectivity index is 1.28. The summed E-state index contributed by atoms with van der Waals surface area (Å²) in [7, 11) is 0. The summed E-state index contributed by atoms with van der Waals surface area (Å²) in [5.41, 5.74) is 2.62.